The molecule has 0 radical (unpaired) electrons. The zero-order valence-corrected chi connectivity index (χ0v) is 11.8. The number of aromatic nitrogens is 2. The number of Topliss-reactive ketones (excluding diaryl/α,β-unsaturated/α-hetero) is 2. The van der Waals surface area contributed by atoms with Gasteiger partial charge in [-0.15, -0.1) is 0 Å². The second-order valence-corrected chi connectivity index (χ2v) is 6.15. The minimum absolute atomic E-state index is 0.0732. The van der Waals surface area contributed by atoms with Crippen molar-refractivity contribution in [2.75, 3.05) is 0 Å². The Kier molecular flexibility index (Phi) is 2.96. The van der Waals surface area contributed by atoms with Gasteiger partial charge in [0, 0.05) is 11.6 Å². The minimum atomic E-state index is -0.507. The molecule has 1 saturated carbocycles. The molecule has 0 N–H and O–H groups in total. The third kappa shape index (κ3) is 1.96. The lowest BCUT2D eigenvalue weighted by atomic mass is 9.69. The van der Waals surface area contributed by atoms with Gasteiger partial charge in [-0.05, 0) is 25.0 Å². The Morgan fingerprint density at radius 3 is 3.00 bits per heavy atom. The Morgan fingerprint density at radius 1 is 1.40 bits per heavy atom. The van der Waals surface area contributed by atoms with Gasteiger partial charge in [0.25, 0.3) is 0 Å². The van der Waals surface area contributed by atoms with Crippen LogP contribution >= 0.6 is 0 Å². The highest BCUT2D eigenvalue weighted by molar-refractivity contribution is 6.15. The molecule has 1 fully saturated rings. The molecule has 2 aromatic heterocycles. The fourth-order valence-electron chi connectivity index (χ4n) is 3.04. The van der Waals surface area contributed by atoms with Crippen molar-refractivity contribution in [3.63, 3.8) is 0 Å². The number of rotatable bonds is 2. The van der Waals surface area contributed by atoms with Gasteiger partial charge >= 0.3 is 0 Å². The van der Waals surface area contributed by atoms with Crippen LogP contribution in [0.25, 0.3) is 5.52 Å². The second kappa shape index (κ2) is 4.54. The summed E-state index contributed by atoms with van der Waals surface area (Å²) >= 11 is 0. The monoisotopic (exact) mass is 270 g/mol. The summed E-state index contributed by atoms with van der Waals surface area (Å²) in [4.78, 5) is 25.2. The maximum atomic E-state index is 12.7. The van der Waals surface area contributed by atoms with Crippen LogP contribution < -0.4 is 0 Å². The van der Waals surface area contributed by atoms with Crippen LogP contribution in [-0.2, 0) is 4.79 Å². The van der Waals surface area contributed by atoms with Gasteiger partial charge in [0.2, 0.25) is 0 Å². The Labute approximate surface area is 117 Å². The molecule has 1 atom stereocenters. The number of pyridine rings is 1. The van der Waals surface area contributed by atoms with Crippen LogP contribution in [0.4, 0.5) is 0 Å². The van der Waals surface area contributed by atoms with E-state index in [4.69, 9.17) is 0 Å². The number of carbonyl (C=O) groups is 2. The summed E-state index contributed by atoms with van der Waals surface area (Å²) in [6.45, 7) is 3.87. The van der Waals surface area contributed by atoms with E-state index in [9.17, 15) is 9.59 Å². The van der Waals surface area contributed by atoms with E-state index in [1.165, 1.54) is 0 Å². The minimum Gasteiger partial charge on any atom is -0.298 e. The third-order valence-corrected chi connectivity index (χ3v) is 4.29. The largest absolute Gasteiger partial charge is 0.298 e. The molecule has 1 aliphatic rings. The Morgan fingerprint density at radius 2 is 2.20 bits per heavy atom. The lowest BCUT2D eigenvalue weighted by Gasteiger charge is -2.32. The first-order valence-electron chi connectivity index (χ1n) is 7.01. The molecule has 104 valence electrons. The molecule has 0 bridgehead atoms. The van der Waals surface area contributed by atoms with Crippen molar-refractivity contribution >= 4 is 17.1 Å². The summed E-state index contributed by atoms with van der Waals surface area (Å²) in [7, 11) is 0. The molecule has 2 heterocycles. The smallest absolute Gasteiger partial charge is 0.177 e. The Bertz CT molecular complexity index is 685. The number of fused-ring (bicyclic) bond motifs is 1. The molecule has 0 spiro atoms. The number of carbonyl (C=O) groups excluding carboxylic acids is 2. The van der Waals surface area contributed by atoms with Gasteiger partial charge in [0.05, 0.1) is 23.2 Å². The van der Waals surface area contributed by atoms with Gasteiger partial charge in [0.1, 0.15) is 5.78 Å². The molecule has 1 aliphatic carbocycles. The summed E-state index contributed by atoms with van der Waals surface area (Å²) in [5.41, 5.74) is 0.942. The molecule has 4 heteroatoms. The van der Waals surface area contributed by atoms with Crippen LogP contribution in [0.3, 0.4) is 0 Å². The maximum absolute atomic E-state index is 12.7. The first-order chi connectivity index (χ1) is 9.50. The van der Waals surface area contributed by atoms with E-state index in [1.807, 2.05) is 32.0 Å². The zero-order valence-electron chi connectivity index (χ0n) is 11.8. The van der Waals surface area contributed by atoms with E-state index in [1.54, 1.807) is 16.9 Å². The predicted molar refractivity (Wildman–Crippen MR) is 75.7 cm³/mol. The second-order valence-electron chi connectivity index (χ2n) is 6.15. The zero-order chi connectivity index (χ0) is 14.3. The van der Waals surface area contributed by atoms with Crippen LogP contribution in [0.2, 0.25) is 0 Å². The van der Waals surface area contributed by atoms with E-state index in [-0.39, 0.29) is 17.0 Å². The molecule has 0 aliphatic heterocycles. The van der Waals surface area contributed by atoms with E-state index in [2.05, 4.69) is 5.10 Å². The highest BCUT2D eigenvalue weighted by Gasteiger charge is 2.41. The fraction of sp³-hybridized carbons (Fsp3) is 0.438. The topological polar surface area (TPSA) is 51.4 Å². The van der Waals surface area contributed by atoms with Crippen molar-refractivity contribution in [2.45, 2.75) is 33.1 Å². The van der Waals surface area contributed by atoms with Gasteiger partial charge < -0.3 is 0 Å². The van der Waals surface area contributed by atoms with Gasteiger partial charge in [-0.1, -0.05) is 26.3 Å². The molecule has 0 amide bonds. The van der Waals surface area contributed by atoms with Crippen LogP contribution in [0.5, 0.6) is 0 Å². The lowest BCUT2D eigenvalue weighted by molar-refractivity contribution is -0.132. The highest BCUT2D eigenvalue weighted by Crippen LogP contribution is 2.37. The molecule has 3 rings (SSSR count). The summed E-state index contributed by atoms with van der Waals surface area (Å²) in [5.74, 6) is -0.514. The van der Waals surface area contributed by atoms with E-state index in [0.29, 0.717) is 12.0 Å². The summed E-state index contributed by atoms with van der Waals surface area (Å²) < 4.78 is 1.67. The van der Waals surface area contributed by atoms with Crippen molar-refractivity contribution in [3.05, 3.63) is 36.2 Å². The third-order valence-electron chi connectivity index (χ3n) is 4.29. The van der Waals surface area contributed by atoms with Gasteiger partial charge in [-0.25, -0.2) is 4.52 Å². The van der Waals surface area contributed by atoms with Gasteiger partial charge in [-0.3, -0.25) is 9.59 Å². The first-order valence-corrected chi connectivity index (χ1v) is 7.01. The van der Waals surface area contributed by atoms with Crippen molar-refractivity contribution in [2.24, 2.45) is 11.3 Å². The van der Waals surface area contributed by atoms with Gasteiger partial charge in [-0.2, -0.15) is 5.10 Å². The first kappa shape index (κ1) is 13.0. The number of hydrogen-bond acceptors (Lipinski definition) is 3. The lowest BCUT2D eigenvalue weighted by Crippen LogP contribution is -2.39. The SMILES string of the molecule is CC1(C)CCCC(C(=O)c2cnn3ccccc23)C1=O. The van der Waals surface area contributed by atoms with Crippen LogP contribution in [0, 0.1) is 11.3 Å². The Balaban J connectivity index is 1.98. The molecule has 0 saturated heterocycles. The summed E-state index contributed by atoms with van der Waals surface area (Å²) in [6.07, 6.45) is 5.83. The van der Waals surface area contributed by atoms with Crippen LogP contribution in [0.1, 0.15) is 43.5 Å². The normalized spacial score (nSPS) is 22.1. The standard InChI is InChI=1S/C16H18N2O2/c1-16(2)8-5-6-11(15(16)20)14(19)12-10-17-18-9-4-3-7-13(12)18/h3-4,7,9-11H,5-6,8H2,1-2H3. The molecule has 20 heavy (non-hydrogen) atoms. The summed E-state index contributed by atoms with van der Waals surface area (Å²) in [6, 6.07) is 5.60. The van der Waals surface area contributed by atoms with E-state index >= 15 is 0 Å². The van der Waals surface area contributed by atoms with Crippen molar-refractivity contribution in [1.82, 2.24) is 9.61 Å². The van der Waals surface area contributed by atoms with Crippen LogP contribution in [-0.4, -0.2) is 21.2 Å². The molecule has 1 unspecified atom stereocenters. The van der Waals surface area contributed by atoms with E-state index in [0.717, 1.165) is 18.4 Å². The average Bonchev–Trinajstić information content (AvgIpc) is 2.85. The number of ketones is 2. The van der Waals surface area contributed by atoms with Crippen LogP contribution in [0.15, 0.2) is 30.6 Å². The molecule has 4 nitrogen and oxygen atoms in total. The van der Waals surface area contributed by atoms with Crippen molar-refractivity contribution in [1.29, 1.82) is 0 Å². The predicted octanol–water partition coefficient (Wildman–Crippen LogP) is 2.91. The summed E-state index contributed by atoms with van der Waals surface area (Å²) in [5, 5.41) is 4.18. The average molecular weight is 270 g/mol. The fourth-order valence-corrected chi connectivity index (χ4v) is 3.04. The highest BCUT2D eigenvalue weighted by atomic mass is 16.2. The van der Waals surface area contributed by atoms with E-state index < -0.39 is 5.92 Å². The van der Waals surface area contributed by atoms with Gasteiger partial charge in [0.15, 0.2) is 5.78 Å². The quantitative estimate of drug-likeness (QED) is 0.622. The molecule has 0 aromatic carbocycles. The molecular weight excluding hydrogens is 252 g/mol. The molecular formula is C16H18N2O2. The number of nitrogens with zero attached hydrogens (tertiary/aromatic N) is 2. The van der Waals surface area contributed by atoms with Crippen molar-refractivity contribution in [3.8, 4) is 0 Å². The Hall–Kier alpha value is -1.97. The maximum Gasteiger partial charge on any atom is 0.177 e. The number of hydrogen-bond donors (Lipinski definition) is 0. The molecule has 2 aromatic rings. The van der Waals surface area contributed by atoms with Crippen molar-refractivity contribution < 1.29 is 9.59 Å².